The van der Waals surface area contributed by atoms with Crippen molar-refractivity contribution in [3.63, 3.8) is 0 Å². The number of benzene rings is 4. The van der Waals surface area contributed by atoms with Crippen LogP contribution in [0.25, 0.3) is 0 Å². The topological polar surface area (TPSA) is 445 Å². The van der Waals surface area contributed by atoms with Crippen molar-refractivity contribution in [2.75, 3.05) is 0 Å². The number of carboxylic acid groups (broad SMARTS) is 5. The van der Waals surface area contributed by atoms with E-state index in [9.17, 15) is 69.0 Å². The number of carbonyl (C=O) groups is 8. The van der Waals surface area contributed by atoms with E-state index in [-0.39, 0.29) is 27.9 Å². The summed E-state index contributed by atoms with van der Waals surface area (Å²) in [5.41, 5.74) is 10.9. The van der Waals surface area contributed by atoms with E-state index in [1.807, 2.05) is 0 Å². The predicted octanol–water partition coefficient (Wildman–Crippen LogP) is 4.83. The SMILES string of the molecule is C.CC(=O)N[C@@H](C(=O)O)[C@H](O)c1ccccc1.CC(C)(C)OC(=O)N[C@@H](C(=O)O)[C@H](O)C1CCCCC1.CC(C)(C)OC(=O)N[C@@H](C(=O)O)[C@H](O)c1ccccc1.F.N[C@@H](C(=O)O)[C@H](O)c1ccccc1.N[C@@H](C(=O)O)[C@H](O)c1ccccc1.[B].[HH]. The van der Waals surface area contributed by atoms with Crippen LogP contribution in [0.2, 0.25) is 0 Å². The summed E-state index contributed by atoms with van der Waals surface area (Å²) in [4.78, 5) is 88.2. The predicted molar refractivity (Wildman–Crippen MR) is 313 cm³/mol. The molecule has 4 aromatic rings. The van der Waals surface area contributed by atoms with Gasteiger partial charge in [-0.25, -0.2) is 24.0 Å². The van der Waals surface area contributed by atoms with Gasteiger partial charge in [-0.1, -0.05) is 148 Å². The molecule has 0 bridgehead atoms. The van der Waals surface area contributed by atoms with Gasteiger partial charge < -0.3 is 88.0 Å². The monoisotopic (exact) mass is 1200 g/mol. The zero-order valence-electron chi connectivity index (χ0n) is 47.6. The Morgan fingerprint density at radius 1 is 0.459 bits per heavy atom. The van der Waals surface area contributed by atoms with Gasteiger partial charge in [-0.05, 0) is 82.6 Å². The van der Waals surface area contributed by atoms with Crippen LogP contribution in [0.3, 0.4) is 0 Å². The number of rotatable bonds is 18. The standard InChI is InChI=1S/C14H25NO5.C14H19NO5.C11H13NO4.2C9H11NO3.CH4.B.FH.H2/c2*1-14(2,3)20-13(19)15-10(12(17)18)11(16)9-7-5-4-6-8-9;1-7(13)12-9(11(15)16)10(14)8-5-3-2-4-6-8;2*10-7(9(12)13)8(11)6-4-2-1-3-5-6;;;;/h9-11,16H,4-8H2,1-3H3,(H,15,19)(H,17,18);4-8,10-11,16H,1-3H3,(H,15,19)(H,17,18);2-6,9-10,14H,1H3,(H,12,13)(H,15,16);2*1-5,7-8,11H,10H2,(H,12,13);1H4;;2*1H/t2*10-,11-;9-,10-;2*7-,8-;;;;/m11111..../s1. The van der Waals surface area contributed by atoms with E-state index in [1.54, 1.807) is 163 Å². The molecule has 0 aliphatic heterocycles. The minimum atomic E-state index is -1.48. The second kappa shape index (κ2) is 40.3. The van der Waals surface area contributed by atoms with Crippen molar-refractivity contribution in [3.05, 3.63) is 144 Å². The Bertz CT molecular complexity index is 2540. The molecule has 10 atom stereocenters. The van der Waals surface area contributed by atoms with Crippen LogP contribution in [0.4, 0.5) is 14.3 Å². The molecule has 0 unspecified atom stereocenters. The van der Waals surface area contributed by atoms with Crippen LogP contribution >= 0.6 is 0 Å². The summed E-state index contributed by atoms with van der Waals surface area (Å²) in [7, 11) is 0. The lowest BCUT2D eigenvalue weighted by atomic mass is 9.82. The third kappa shape index (κ3) is 32.0. The van der Waals surface area contributed by atoms with E-state index >= 15 is 0 Å². The zero-order valence-corrected chi connectivity index (χ0v) is 47.6. The van der Waals surface area contributed by atoms with Gasteiger partial charge in [0.05, 0.1) is 6.10 Å². The molecule has 3 amide bonds. The molecule has 17 N–H and O–H groups in total. The van der Waals surface area contributed by atoms with E-state index in [2.05, 4.69) is 16.0 Å². The van der Waals surface area contributed by atoms with Gasteiger partial charge in [-0.2, -0.15) is 0 Å². The molecule has 1 aliphatic rings. The molecule has 1 aliphatic carbocycles. The van der Waals surface area contributed by atoms with Gasteiger partial charge >= 0.3 is 42.0 Å². The number of aliphatic hydroxyl groups excluding tert-OH is 5. The Hall–Kier alpha value is -8.05. The quantitative estimate of drug-likeness (QED) is 0.0593. The highest BCUT2D eigenvalue weighted by molar-refractivity contribution is 5.83. The Balaban J connectivity index is -0.000000488. The fourth-order valence-electron chi connectivity index (χ4n) is 7.35. The fourth-order valence-corrected chi connectivity index (χ4v) is 7.35. The van der Waals surface area contributed by atoms with Gasteiger partial charge in [0.15, 0.2) is 18.1 Å². The van der Waals surface area contributed by atoms with E-state index in [0.717, 1.165) is 32.1 Å². The van der Waals surface area contributed by atoms with Gasteiger partial charge in [-0.3, -0.25) is 19.1 Å². The van der Waals surface area contributed by atoms with Crippen molar-refractivity contribution < 1.29 is 105 Å². The van der Waals surface area contributed by atoms with Crippen LogP contribution < -0.4 is 27.4 Å². The molecule has 0 aromatic heterocycles. The lowest BCUT2D eigenvalue weighted by Gasteiger charge is -2.31. The van der Waals surface area contributed by atoms with Crippen molar-refractivity contribution in [2.24, 2.45) is 17.4 Å². The summed E-state index contributed by atoms with van der Waals surface area (Å²) in [6.07, 6.45) is -3.05. The lowest BCUT2D eigenvalue weighted by molar-refractivity contribution is -0.145. The number of nitrogens with one attached hydrogen (secondary N) is 3. The summed E-state index contributed by atoms with van der Waals surface area (Å²) in [5, 5.41) is 99.8. The third-order valence-corrected chi connectivity index (χ3v) is 11.4. The molecule has 27 heteroatoms. The molecule has 25 nitrogen and oxygen atoms in total. The number of hydrogen-bond donors (Lipinski definition) is 15. The van der Waals surface area contributed by atoms with Crippen LogP contribution in [-0.4, -0.2) is 155 Å². The average Bonchev–Trinajstić information content (AvgIpc) is 3.65. The summed E-state index contributed by atoms with van der Waals surface area (Å²) >= 11 is 0. The van der Waals surface area contributed by atoms with Gasteiger partial charge in [-0.15, -0.1) is 0 Å². The number of hydrogen-bond acceptors (Lipinski definition) is 17. The molecule has 0 saturated heterocycles. The minimum Gasteiger partial charge on any atom is -0.480 e. The Labute approximate surface area is 496 Å². The third-order valence-electron chi connectivity index (χ3n) is 11.4. The molecule has 5 rings (SSSR count). The molecular formula is C58H86BFN5O20. The first-order valence-electron chi connectivity index (χ1n) is 25.7. The van der Waals surface area contributed by atoms with Crippen molar-refractivity contribution >= 4 is 56.4 Å². The van der Waals surface area contributed by atoms with Gasteiger partial charge in [0.25, 0.3) is 0 Å². The number of carbonyl (C=O) groups excluding carboxylic acids is 3. The van der Waals surface area contributed by atoms with Crippen molar-refractivity contribution in [2.45, 2.75) is 160 Å². The zero-order chi connectivity index (χ0) is 62.5. The van der Waals surface area contributed by atoms with Crippen LogP contribution in [0, 0.1) is 5.92 Å². The van der Waals surface area contributed by atoms with Crippen molar-refractivity contribution in [1.29, 1.82) is 0 Å². The maximum Gasteiger partial charge on any atom is 0.408 e. The Kier molecular flexibility index (Phi) is 38.4. The summed E-state index contributed by atoms with van der Waals surface area (Å²) in [6, 6.07) is 26.8. The highest BCUT2D eigenvalue weighted by Gasteiger charge is 2.36. The smallest absolute Gasteiger partial charge is 0.408 e. The van der Waals surface area contributed by atoms with Crippen LogP contribution in [0.5, 0.6) is 0 Å². The number of carboxylic acids is 5. The second-order valence-electron chi connectivity index (χ2n) is 20.5. The number of alkyl carbamates (subject to hydrolysis) is 2. The molecule has 4 aromatic carbocycles. The Morgan fingerprint density at radius 3 is 0.965 bits per heavy atom. The van der Waals surface area contributed by atoms with Crippen molar-refractivity contribution in [1.82, 2.24) is 16.0 Å². The number of halogens is 1. The normalized spacial score (nSPS) is 15.2. The van der Waals surface area contributed by atoms with Gasteiger partial charge in [0, 0.05) is 16.8 Å². The first-order valence-corrected chi connectivity index (χ1v) is 25.7. The molecular weight excluding hydrogens is 1120 g/mol. The molecule has 1 saturated carbocycles. The summed E-state index contributed by atoms with van der Waals surface area (Å²) < 4.78 is 10.0. The summed E-state index contributed by atoms with van der Waals surface area (Å²) in [5.74, 6) is -6.86. The largest absolute Gasteiger partial charge is 0.480 e. The fraction of sp³-hybridized carbons (Fsp3) is 0.448. The van der Waals surface area contributed by atoms with E-state index in [0.29, 0.717) is 22.3 Å². The van der Waals surface area contributed by atoms with Crippen LogP contribution in [0.15, 0.2) is 121 Å². The highest BCUT2D eigenvalue weighted by Crippen LogP contribution is 2.28. The van der Waals surface area contributed by atoms with E-state index < -0.39 is 120 Å². The number of amides is 3. The van der Waals surface area contributed by atoms with Crippen LogP contribution in [0.1, 0.15) is 136 Å². The highest BCUT2D eigenvalue weighted by atomic mass is 19.0. The molecule has 0 spiro atoms. The van der Waals surface area contributed by atoms with Gasteiger partial charge in [0.2, 0.25) is 5.91 Å². The molecule has 0 heterocycles. The first-order chi connectivity index (χ1) is 38.2. The Morgan fingerprint density at radius 2 is 0.718 bits per heavy atom. The molecule has 85 heavy (non-hydrogen) atoms. The number of aliphatic hydroxyl groups is 5. The molecule has 1 fully saturated rings. The number of ether oxygens (including phenoxy) is 2. The molecule has 473 valence electrons. The molecule has 3 radical (unpaired) electrons. The van der Waals surface area contributed by atoms with E-state index in [4.69, 9.17) is 41.4 Å². The van der Waals surface area contributed by atoms with Crippen LogP contribution in [-0.2, 0) is 38.2 Å². The maximum absolute atomic E-state index is 11.7. The van der Waals surface area contributed by atoms with E-state index in [1.165, 1.54) is 6.92 Å². The minimum absolute atomic E-state index is 0. The number of aliphatic carboxylic acids is 5. The summed E-state index contributed by atoms with van der Waals surface area (Å²) in [6.45, 7) is 11.3. The maximum atomic E-state index is 11.7. The van der Waals surface area contributed by atoms with Gasteiger partial charge in [0.1, 0.15) is 47.7 Å². The first kappa shape index (κ1) is 81.2. The average molecular weight is 1200 g/mol. The van der Waals surface area contributed by atoms with Crippen molar-refractivity contribution in [3.8, 4) is 0 Å². The number of nitrogens with two attached hydrogens (primary N) is 2. The lowest BCUT2D eigenvalue weighted by Crippen LogP contribution is -2.52. The second-order valence-corrected chi connectivity index (χ2v) is 20.5.